The fourth-order valence-corrected chi connectivity index (χ4v) is 8.70. The van der Waals surface area contributed by atoms with E-state index in [2.05, 4.69) is 67.8 Å². The molecular formula is C54H97NO13. The van der Waals surface area contributed by atoms with E-state index >= 15 is 0 Å². The third-order valence-corrected chi connectivity index (χ3v) is 13.1. The molecule has 0 aromatic carbocycles. The highest BCUT2D eigenvalue weighted by atomic mass is 16.7. The summed E-state index contributed by atoms with van der Waals surface area (Å²) in [6, 6.07) is -0.823. The molecule has 14 heteroatoms. The van der Waals surface area contributed by atoms with Crippen LogP contribution in [0.4, 0.5) is 0 Å². The van der Waals surface area contributed by atoms with Gasteiger partial charge in [-0.15, -0.1) is 0 Å². The molecule has 1 amide bonds. The number of hydrogen-bond acceptors (Lipinski definition) is 13. The Labute approximate surface area is 410 Å². The predicted molar refractivity (Wildman–Crippen MR) is 267 cm³/mol. The average molecular weight is 968 g/mol. The molecule has 2 fully saturated rings. The molecule has 396 valence electrons. The van der Waals surface area contributed by atoms with Gasteiger partial charge in [-0.3, -0.25) is 4.79 Å². The molecule has 12 unspecified atom stereocenters. The fourth-order valence-electron chi connectivity index (χ4n) is 8.70. The van der Waals surface area contributed by atoms with E-state index in [1.807, 2.05) is 0 Å². The van der Waals surface area contributed by atoms with E-state index in [4.69, 9.17) is 18.9 Å². The Morgan fingerprint density at radius 3 is 1.53 bits per heavy atom. The zero-order chi connectivity index (χ0) is 49.6. The maximum absolute atomic E-state index is 13.0. The van der Waals surface area contributed by atoms with Crippen molar-refractivity contribution in [2.75, 3.05) is 19.8 Å². The van der Waals surface area contributed by atoms with Gasteiger partial charge >= 0.3 is 0 Å². The van der Waals surface area contributed by atoms with Crippen molar-refractivity contribution in [2.24, 2.45) is 0 Å². The lowest BCUT2D eigenvalue weighted by Gasteiger charge is -2.46. The molecule has 14 nitrogen and oxygen atoms in total. The van der Waals surface area contributed by atoms with Gasteiger partial charge in [0.25, 0.3) is 0 Å². The van der Waals surface area contributed by atoms with Crippen molar-refractivity contribution in [3.8, 4) is 0 Å². The lowest BCUT2D eigenvalue weighted by atomic mass is 9.97. The second kappa shape index (κ2) is 40.5. The second-order valence-corrected chi connectivity index (χ2v) is 19.0. The first-order chi connectivity index (χ1) is 33.1. The number of carbonyl (C=O) groups excluding carboxylic acids is 1. The Bertz CT molecular complexity index is 1330. The molecule has 0 bridgehead atoms. The number of unbranched alkanes of at least 4 members (excludes halogenated alkanes) is 20. The maximum atomic E-state index is 13.0. The molecule has 2 aliphatic rings. The number of nitrogens with one attached hydrogen (secondary N) is 1. The molecular weight excluding hydrogens is 871 g/mol. The maximum Gasteiger partial charge on any atom is 0.220 e. The molecule has 0 spiro atoms. The zero-order valence-corrected chi connectivity index (χ0v) is 42.1. The number of carbonyl (C=O) groups is 1. The van der Waals surface area contributed by atoms with Crippen molar-refractivity contribution in [2.45, 2.75) is 267 Å². The first-order valence-corrected chi connectivity index (χ1v) is 26.9. The number of aliphatic hydroxyl groups excluding tert-OH is 8. The third kappa shape index (κ3) is 27.0. The van der Waals surface area contributed by atoms with Crippen molar-refractivity contribution in [3.63, 3.8) is 0 Å². The summed E-state index contributed by atoms with van der Waals surface area (Å²) in [5, 5.41) is 86.1. The summed E-state index contributed by atoms with van der Waals surface area (Å²) < 4.78 is 22.5. The van der Waals surface area contributed by atoms with Crippen LogP contribution in [0.1, 0.15) is 194 Å². The summed E-state index contributed by atoms with van der Waals surface area (Å²) in [5.41, 5.74) is 0. The summed E-state index contributed by atoms with van der Waals surface area (Å²) in [6.45, 7) is 2.56. The SMILES string of the molecule is CC/C=C\C/C=C\C/C=C\C/C=C\CCCCCCCCCCCCCCCCCCCCC(=O)NC(COC1OC(CO)C(OC2OC(CO)C(O)C(O)C2O)C(O)C1O)C(O)CCCCC. The highest BCUT2D eigenvalue weighted by Gasteiger charge is 2.51. The first-order valence-electron chi connectivity index (χ1n) is 26.9. The van der Waals surface area contributed by atoms with Gasteiger partial charge in [0.15, 0.2) is 12.6 Å². The van der Waals surface area contributed by atoms with E-state index in [0.29, 0.717) is 12.8 Å². The van der Waals surface area contributed by atoms with Gasteiger partial charge in [0.2, 0.25) is 5.91 Å². The summed E-state index contributed by atoms with van der Waals surface area (Å²) in [7, 11) is 0. The van der Waals surface area contributed by atoms with E-state index in [9.17, 15) is 45.6 Å². The first kappa shape index (κ1) is 62.1. The standard InChI is InChI=1S/C54H97NO13/c1-3-5-7-8-9-10-11-12-13-14-15-16-17-18-19-20-21-22-23-24-25-26-27-28-29-30-31-32-33-34-36-38-46(59)55-42(43(58)37-35-6-4-2)41-65-53-51(64)49(62)52(45(40-57)67-53)68-54-50(63)48(61)47(60)44(39-56)66-54/h5,7,9-10,12-13,15-16,42-45,47-54,56-58,60-64H,3-4,6,8,11,14,17-41H2,1-2H3,(H,55,59)/b7-5-,10-9-,13-12-,16-15-. The van der Waals surface area contributed by atoms with Crippen LogP contribution in [-0.4, -0.2) is 140 Å². The highest BCUT2D eigenvalue weighted by molar-refractivity contribution is 5.76. The molecule has 0 aliphatic carbocycles. The Morgan fingerprint density at radius 2 is 1.01 bits per heavy atom. The molecule has 12 atom stereocenters. The molecule has 68 heavy (non-hydrogen) atoms. The van der Waals surface area contributed by atoms with Crippen molar-refractivity contribution < 1.29 is 64.6 Å². The quantitative estimate of drug-likeness (QED) is 0.0212. The van der Waals surface area contributed by atoms with Gasteiger partial charge in [0.1, 0.15) is 48.8 Å². The molecule has 0 aromatic rings. The van der Waals surface area contributed by atoms with Crippen LogP contribution in [0.2, 0.25) is 0 Å². The number of amides is 1. The highest BCUT2D eigenvalue weighted by Crippen LogP contribution is 2.30. The van der Waals surface area contributed by atoms with Gasteiger partial charge in [-0.25, -0.2) is 0 Å². The van der Waals surface area contributed by atoms with Crippen molar-refractivity contribution in [1.82, 2.24) is 5.32 Å². The van der Waals surface area contributed by atoms with Gasteiger partial charge in [-0.2, -0.15) is 0 Å². The van der Waals surface area contributed by atoms with Crippen molar-refractivity contribution >= 4 is 5.91 Å². The van der Waals surface area contributed by atoms with E-state index in [1.165, 1.54) is 96.3 Å². The van der Waals surface area contributed by atoms with Crippen LogP contribution in [0.5, 0.6) is 0 Å². The molecule has 2 heterocycles. The average Bonchev–Trinajstić information content (AvgIpc) is 3.33. The normalized spacial score (nSPS) is 26.7. The Kier molecular flexibility index (Phi) is 37.0. The largest absolute Gasteiger partial charge is 0.394 e. The third-order valence-electron chi connectivity index (χ3n) is 13.1. The minimum Gasteiger partial charge on any atom is -0.394 e. The molecule has 9 N–H and O–H groups in total. The van der Waals surface area contributed by atoms with E-state index in [1.54, 1.807) is 0 Å². The van der Waals surface area contributed by atoms with Crippen LogP contribution in [0.25, 0.3) is 0 Å². The summed E-state index contributed by atoms with van der Waals surface area (Å²) in [4.78, 5) is 13.0. The Hall–Kier alpha value is -2.05. The monoisotopic (exact) mass is 968 g/mol. The van der Waals surface area contributed by atoms with Crippen molar-refractivity contribution in [3.05, 3.63) is 48.6 Å². The van der Waals surface area contributed by atoms with Gasteiger partial charge in [0, 0.05) is 6.42 Å². The van der Waals surface area contributed by atoms with Crippen LogP contribution >= 0.6 is 0 Å². The second-order valence-electron chi connectivity index (χ2n) is 19.0. The molecule has 0 saturated carbocycles. The topological polar surface area (TPSA) is 228 Å². The van der Waals surface area contributed by atoms with Gasteiger partial charge in [0.05, 0.1) is 32.0 Å². The Balaban J connectivity index is 1.53. The number of hydrogen-bond donors (Lipinski definition) is 9. The molecule has 0 aromatic heterocycles. The number of aliphatic hydroxyl groups is 8. The molecule has 2 aliphatic heterocycles. The van der Waals surface area contributed by atoms with Crippen LogP contribution in [0.3, 0.4) is 0 Å². The Morgan fingerprint density at radius 1 is 0.544 bits per heavy atom. The van der Waals surface area contributed by atoms with Gasteiger partial charge in [-0.1, -0.05) is 184 Å². The molecule has 2 saturated heterocycles. The summed E-state index contributed by atoms with van der Waals surface area (Å²) in [5.74, 6) is -0.219. The predicted octanol–water partition coefficient (Wildman–Crippen LogP) is 7.66. The molecule has 2 rings (SSSR count). The summed E-state index contributed by atoms with van der Waals surface area (Å²) in [6.07, 6.45) is 32.5. The fraction of sp³-hybridized carbons (Fsp3) is 0.833. The van der Waals surface area contributed by atoms with E-state index < -0.39 is 86.8 Å². The van der Waals surface area contributed by atoms with Gasteiger partial charge in [-0.05, 0) is 51.4 Å². The van der Waals surface area contributed by atoms with Crippen LogP contribution in [-0.2, 0) is 23.7 Å². The lowest BCUT2D eigenvalue weighted by molar-refractivity contribution is -0.359. The van der Waals surface area contributed by atoms with Crippen LogP contribution in [0, 0.1) is 0 Å². The molecule has 0 radical (unpaired) electrons. The van der Waals surface area contributed by atoms with E-state index in [-0.39, 0.29) is 12.5 Å². The smallest absolute Gasteiger partial charge is 0.220 e. The number of ether oxygens (including phenoxy) is 4. The van der Waals surface area contributed by atoms with Crippen LogP contribution < -0.4 is 5.32 Å². The number of allylic oxidation sites excluding steroid dienone is 8. The van der Waals surface area contributed by atoms with Crippen molar-refractivity contribution in [1.29, 1.82) is 0 Å². The van der Waals surface area contributed by atoms with Gasteiger partial charge < -0.3 is 65.1 Å². The summed E-state index contributed by atoms with van der Waals surface area (Å²) >= 11 is 0. The number of rotatable bonds is 41. The minimum absolute atomic E-state index is 0.219. The van der Waals surface area contributed by atoms with Crippen LogP contribution in [0.15, 0.2) is 48.6 Å². The van der Waals surface area contributed by atoms with E-state index in [0.717, 1.165) is 70.6 Å². The minimum atomic E-state index is -1.78. The zero-order valence-electron chi connectivity index (χ0n) is 42.1. The lowest BCUT2D eigenvalue weighted by Crippen LogP contribution is -2.65.